The second kappa shape index (κ2) is 8.23. The van der Waals surface area contributed by atoms with Crippen LogP contribution in [-0.4, -0.2) is 41.0 Å². The van der Waals surface area contributed by atoms with Crippen molar-refractivity contribution in [2.75, 3.05) is 5.32 Å². The second-order valence-electron chi connectivity index (χ2n) is 8.78. The fraction of sp³-hybridized carbons (Fsp3) is 0.120. The van der Waals surface area contributed by atoms with E-state index in [2.05, 4.69) is 40.4 Å². The summed E-state index contributed by atoms with van der Waals surface area (Å²) >= 11 is 0.994. The zero-order valence-corrected chi connectivity index (χ0v) is 19.7. The van der Waals surface area contributed by atoms with Crippen LogP contribution in [0.15, 0.2) is 49.2 Å². The fourth-order valence-electron chi connectivity index (χ4n) is 4.26. The summed E-state index contributed by atoms with van der Waals surface area (Å²) in [6.45, 7) is 0. The molecule has 0 spiro atoms. The van der Waals surface area contributed by atoms with E-state index in [1.807, 2.05) is 0 Å². The summed E-state index contributed by atoms with van der Waals surface area (Å²) in [6, 6.07) is 4.70. The van der Waals surface area contributed by atoms with E-state index >= 15 is 4.39 Å². The van der Waals surface area contributed by atoms with Crippen molar-refractivity contribution >= 4 is 44.9 Å². The number of fused-ring (bicyclic) bond motifs is 2. The first-order chi connectivity index (χ1) is 18.0. The smallest absolute Gasteiger partial charge is 0.227 e. The summed E-state index contributed by atoms with van der Waals surface area (Å²) in [7, 11) is 0. The topological polar surface area (TPSA) is 125 Å². The molecule has 1 aliphatic carbocycles. The van der Waals surface area contributed by atoms with Gasteiger partial charge in [-0.25, -0.2) is 9.37 Å². The molecular formula is C25H16F2N8OS. The SMILES string of the molecule is O=C(Nc1cncc(-c2ncc3[nH]nc(-c4nc5c(-c6ccc(F)s6)cncc5[nH]4)c3c2F)c1)C1CC1. The summed E-state index contributed by atoms with van der Waals surface area (Å²) in [4.78, 5) is 33.3. The van der Waals surface area contributed by atoms with Crippen LogP contribution in [0.25, 0.3) is 55.2 Å². The highest BCUT2D eigenvalue weighted by Crippen LogP contribution is 2.36. The summed E-state index contributed by atoms with van der Waals surface area (Å²) in [5.74, 6) is -0.314. The van der Waals surface area contributed by atoms with Crippen LogP contribution in [0.4, 0.5) is 14.5 Å². The van der Waals surface area contributed by atoms with Crippen LogP contribution in [0.3, 0.4) is 0 Å². The van der Waals surface area contributed by atoms with Gasteiger partial charge in [0.1, 0.15) is 16.9 Å². The zero-order valence-electron chi connectivity index (χ0n) is 18.9. The lowest BCUT2D eigenvalue weighted by Gasteiger charge is -2.07. The van der Waals surface area contributed by atoms with Gasteiger partial charge >= 0.3 is 0 Å². The average Bonchev–Trinajstić information content (AvgIpc) is 3.29. The Labute approximate surface area is 211 Å². The number of carbonyl (C=O) groups excluding carboxylic acids is 1. The maximum absolute atomic E-state index is 15.9. The van der Waals surface area contributed by atoms with Gasteiger partial charge in [-0.05, 0) is 31.0 Å². The number of pyridine rings is 3. The lowest BCUT2D eigenvalue weighted by atomic mass is 10.1. The maximum atomic E-state index is 15.9. The molecule has 0 atom stereocenters. The van der Waals surface area contributed by atoms with Crippen molar-refractivity contribution in [2.24, 2.45) is 5.92 Å². The minimum atomic E-state index is -0.604. The van der Waals surface area contributed by atoms with Gasteiger partial charge in [0.25, 0.3) is 0 Å². The molecule has 6 aromatic rings. The van der Waals surface area contributed by atoms with Gasteiger partial charge < -0.3 is 10.3 Å². The minimum absolute atomic E-state index is 0.0294. The molecule has 1 fully saturated rings. The summed E-state index contributed by atoms with van der Waals surface area (Å²) in [6.07, 6.45) is 9.46. The van der Waals surface area contributed by atoms with E-state index in [1.165, 1.54) is 24.7 Å². The van der Waals surface area contributed by atoms with E-state index < -0.39 is 5.82 Å². The van der Waals surface area contributed by atoms with E-state index in [9.17, 15) is 9.18 Å². The first-order valence-corrected chi connectivity index (χ1v) is 12.3. The molecule has 6 aromatic heterocycles. The number of imidazole rings is 1. The normalized spacial score (nSPS) is 13.5. The van der Waals surface area contributed by atoms with Gasteiger partial charge in [-0.2, -0.15) is 9.49 Å². The third-order valence-electron chi connectivity index (χ3n) is 6.23. The van der Waals surface area contributed by atoms with Gasteiger partial charge in [-0.3, -0.25) is 24.8 Å². The van der Waals surface area contributed by atoms with Gasteiger partial charge in [0.2, 0.25) is 5.91 Å². The molecule has 37 heavy (non-hydrogen) atoms. The predicted molar refractivity (Wildman–Crippen MR) is 135 cm³/mol. The van der Waals surface area contributed by atoms with Crippen LogP contribution in [0, 0.1) is 16.9 Å². The molecule has 0 bridgehead atoms. The molecule has 7 rings (SSSR count). The molecular weight excluding hydrogens is 498 g/mol. The Morgan fingerprint density at radius 1 is 1.03 bits per heavy atom. The first-order valence-electron chi connectivity index (χ1n) is 11.4. The molecule has 9 nitrogen and oxygen atoms in total. The number of halogens is 2. The van der Waals surface area contributed by atoms with Crippen molar-refractivity contribution < 1.29 is 13.6 Å². The molecule has 1 amide bonds. The number of nitrogens with one attached hydrogen (secondary N) is 3. The molecule has 0 aromatic carbocycles. The van der Waals surface area contributed by atoms with Crippen molar-refractivity contribution in [1.82, 2.24) is 35.1 Å². The van der Waals surface area contributed by atoms with Crippen LogP contribution in [0.5, 0.6) is 0 Å². The molecule has 0 aliphatic heterocycles. The Balaban J connectivity index is 1.32. The first kappa shape index (κ1) is 21.7. The van der Waals surface area contributed by atoms with Crippen molar-refractivity contribution in [1.29, 1.82) is 0 Å². The standard InChI is InChI=1S/C25H16F2N8OS/c26-18-4-3-17(37-18)14-8-29-9-16-22(14)33-24(32-16)23-19-15(34-35-23)10-30-21(20(19)27)12-5-13(7-28-6-12)31-25(36)11-1-2-11/h3-11H,1-2H2,(H,31,36)(H,32,33)(H,34,35). The Hall–Kier alpha value is -4.58. The lowest BCUT2D eigenvalue weighted by Crippen LogP contribution is -2.13. The van der Waals surface area contributed by atoms with Crippen molar-refractivity contribution in [3.05, 3.63) is 60.1 Å². The second-order valence-corrected chi connectivity index (χ2v) is 9.81. The van der Waals surface area contributed by atoms with Crippen LogP contribution in [-0.2, 0) is 4.79 Å². The highest BCUT2D eigenvalue weighted by molar-refractivity contribution is 7.14. The number of hydrogen-bond acceptors (Lipinski definition) is 7. The van der Waals surface area contributed by atoms with E-state index in [4.69, 9.17) is 0 Å². The lowest BCUT2D eigenvalue weighted by molar-refractivity contribution is -0.117. The van der Waals surface area contributed by atoms with Crippen LogP contribution >= 0.6 is 11.3 Å². The highest BCUT2D eigenvalue weighted by Gasteiger charge is 2.29. The van der Waals surface area contributed by atoms with Crippen LogP contribution in [0.2, 0.25) is 0 Å². The molecule has 3 N–H and O–H groups in total. The molecule has 0 radical (unpaired) electrons. The highest BCUT2D eigenvalue weighted by atomic mass is 32.1. The largest absolute Gasteiger partial charge is 0.335 e. The molecule has 0 unspecified atom stereocenters. The number of anilines is 1. The summed E-state index contributed by atoms with van der Waals surface area (Å²) in [5, 5.41) is 9.82. The molecule has 1 aliphatic rings. The van der Waals surface area contributed by atoms with Crippen molar-refractivity contribution in [2.45, 2.75) is 12.8 Å². The van der Waals surface area contributed by atoms with Gasteiger partial charge in [-0.1, -0.05) is 0 Å². The molecule has 6 heterocycles. The number of nitrogens with zero attached hydrogens (tertiary/aromatic N) is 5. The number of thiophene rings is 1. The van der Waals surface area contributed by atoms with Crippen molar-refractivity contribution in [3.8, 4) is 33.2 Å². The summed E-state index contributed by atoms with van der Waals surface area (Å²) in [5.41, 5.74) is 3.45. The fourth-order valence-corrected chi connectivity index (χ4v) is 5.00. The van der Waals surface area contributed by atoms with Gasteiger partial charge in [-0.15, -0.1) is 11.3 Å². The molecule has 12 heteroatoms. The number of aromatic nitrogens is 7. The third kappa shape index (κ3) is 3.73. The number of rotatable bonds is 5. The molecule has 1 saturated carbocycles. The van der Waals surface area contributed by atoms with Gasteiger partial charge in [0.05, 0.1) is 40.7 Å². The van der Waals surface area contributed by atoms with Gasteiger partial charge in [0, 0.05) is 34.3 Å². The molecule has 182 valence electrons. The Morgan fingerprint density at radius 2 is 1.89 bits per heavy atom. The monoisotopic (exact) mass is 514 g/mol. The zero-order chi connectivity index (χ0) is 25.1. The van der Waals surface area contributed by atoms with Crippen LogP contribution in [0.1, 0.15) is 12.8 Å². The quantitative estimate of drug-likeness (QED) is 0.286. The van der Waals surface area contributed by atoms with Gasteiger partial charge in [0.15, 0.2) is 16.8 Å². The summed E-state index contributed by atoms with van der Waals surface area (Å²) < 4.78 is 29.6. The minimum Gasteiger partial charge on any atom is -0.335 e. The Morgan fingerprint density at radius 3 is 2.70 bits per heavy atom. The van der Waals surface area contributed by atoms with Crippen LogP contribution < -0.4 is 5.32 Å². The average molecular weight is 515 g/mol. The number of amides is 1. The van der Waals surface area contributed by atoms with E-state index in [-0.39, 0.29) is 33.7 Å². The number of carbonyl (C=O) groups is 1. The Bertz CT molecular complexity index is 1840. The van der Waals surface area contributed by atoms with Crippen molar-refractivity contribution in [3.63, 3.8) is 0 Å². The Kier molecular flexibility index (Phi) is 4.83. The van der Waals surface area contributed by atoms with E-state index in [1.54, 1.807) is 24.5 Å². The number of H-pyrrole nitrogens is 2. The number of aromatic amines is 2. The maximum Gasteiger partial charge on any atom is 0.227 e. The van der Waals surface area contributed by atoms with E-state index in [0.717, 1.165) is 24.2 Å². The van der Waals surface area contributed by atoms with E-state index in [0.29, 0.717) is 44.1 Å². The number of hydrogen-bond donors (Lipinski definition) is 3. The third-order valence-corrected chi connectivity index (χ3v) is 7.14. The molecule has 0 saturated heterocycles. The predicted octanol–water partition coefficient (Wildman–Crippen LogP) is 5.31.